The molecule has 162 valence electrons. The molecule has 1 aromatic heterocycles. The fourth-order valence-electron chi connectivity index (χ4n) is 3.21. The lowest BCUT2D eigenvalue weighted by Gasteiger charge is -2.16. The monoisotopic (exact) mass is 422 g/mol. The summed E-state index contributed by atoms with van der Waals surface area (Å²) in [7, 11) is 1.99. The van der Waals surface area contributed by atoms with Crippen molar-refractivity contribution in [3.05, 3.63) is 71.7 Å². The number of carbonyl (C=O) groups is 2. The van der Waals surface area contributed by atoms with Gasteiger partial charge in [0.1, 0.15) is 5.82 Å². The maximum Gasteiger partial charge on any atom is 0.225 e. The molecule has 2 aromatic carbocycles. The van der Waals surface area contributed by atoms with Crippen molar-refractivity contribution in [1.29, 1.82) is 0 Å². The number of rotatable bonds is 10. The number of ketones is 1. The Balaban J connectivity index is 1.36. The Morgan fingerprint density at radius 2 is 1.77 bits per heavy atom. The fourth-order valence-corrected chi connectivity index (χ4v) is 3.21. The third-order valence-corrected chi connectivity index (χ3v) is 5.05. The predicted molar refractivity (Wildman–Crippen MR) is 119 cm³/mol. The van der Waals surface area contributed by atoms with Crippen molar-refractivity contribution in [3.8, 4) is 11.3 Å². The molecule has 3 rings (SSSR count). The van der Waals surface area contributed by atoms with Crippen molar-refractivity contribution in [3.63, 3.8) is 0 Å². The highest BCUT2D eigenvalue weighted by Gasteiger charge is 2.08. The number of halogens is 1. The summed E-state index contributed by atoms with van der Waals surface area (Å²) in [6.07, 6.45) is 2.16. The number of Topliss-reactive ketones (excluding diaryl/α,β-unsaturated/α-hetero) is 1. The summed E-state index contributed by atoms with van der Waals surface area (Å²) in [6.45, 7) is 3.02. The van der Waals surface area contributed by atoms with Crippen molar-refractivity contribution in [2.45, 2.75) is 26.2 Å². The number of H-pyrrole nitrogens is 1. The Bertz CT molecular complexity index is 1010. The van der Waals surface area contributed by atoms with Crippen molar-refractivity contribution in [1.82, 2.24) is 15.1 Å². The molecule has 0 atom stereocenters. The Labute approximate surface area is 181 Å². The first-order valence-electron chi connectivity index (χ1n) is 10.3. The van der Waals surface area contributed by atoms with Crippen LogP contribution in [0.15, 0.2) is 54.6 Å². The van der Waals surface area contributed by atoms with Gasteiger partial charge >= 0.3 is 0 Å². The number of aromatic amines is 1. The van der Waals surface area contributed by atoms with Crippen LogP contribution in [0.1, 0.15) is 35.8 Å². The lowest BCUT2D eigenvalue weighted by molar-refractivity contribution is -0.116. The van der Waals surface area contributed by atoms with Crippen LogP contribution in [0, 0.1) is 5.82 Å². The first-order chi connectivity index (χ1) is 14.9. The molecule has 0 fully saturated rings. The van der Waals surface area contributed by atoms with E-state index in [-0.39, 0.29) is 17.5 Å². The maximum absolute atomic E-state index is 13.0. The smallest absolute Gasteiger partial charge is 0.225 e. The van der Waals surface area contributed by atoms with Crippen LogP contribution in [0.4, 0.5) is 10.1 Å². The van der Waals surface area contributed by atoms with Crippen molar-refractivity contribution in [2.75, 3.05) is 25.5 Å². The SMILES string of the molecule is CC(=O)c1ccc(NC(=O)CCN(C)CCCc2cc(-c3ccc(F)cc3)n[nH]2)cc1. The van der Waals surface area contributed by atoms with Crippen molar-refractivity contribution in [2.24, 2.45) is 0 Å². The zero-order chi connectivity index (χ0) is 22.2. The standard InChI is InChI=1S/C24H27FN4O2/c1-17(30)18-7-11-21(12-8-18)26-24(31)13-15-29(2)14-3-4-22-16-23(28-27-22)19-5-9-20(25)10-6-19/h5-12,16H,3-4,13-15H2,1-2H3,(H,26,31)(H,27,28). The van der Waals surface area contributed by atoms with Crippen LogP contribution in [0.5, 0.6) is 0 Å². The van der Waals surface area contributed by atoms with E-state index in [0.29, 0.717) is 24.2 Å². The van der Waals surface area contributed by atoms with Crippen LogP contribution in [0.3, 0.4) is 0 Å². The van der Waals surface area contributed by atoms with Gasteiger partial charge in [-0.2, -0.15) is 5.10 Å². The van der Waals surface area contributed by atoms with Gasteiger partial charge in [-0.05, 0) is 88.0 Å². The van der Waals surface area contributed by atoms with Gasteiger partial charge in [-0.3, -0.25) is 14.7 Å². The first-order valence-corrected chi connectivity index (χ1v) is 10.3. The van der Waals surface area contributed by atoms with Crippen LogP contribution in [0.2, 0.25) is 0 Å². The molecule has 3 aromatic rings. The van der Waals surface area contributed by atoms with E-state index < -0.39 is 0 Å². The minimum Gasteiger partial charge on any atom is -0.326 e. The molecule has 0 unspecified atom stereocenters. The Hall–Kier alpha value is -3.32. The van der Waals surface area contributed by atoms with Crippen molar-refractivity contribution >= 4 is 17.4 Å². The van der Waals surface area contributed by atoms with Gasteiger partial charge in [0.2, 0.25) is 5.91 Å². The molecule has 0 bridgehead atoms. The topological polar surface area (TPSA) is 78.1 Å². The van der Waals surface area contributed by atoms with Gasteiger partial charge in [0, 0.05) is 35.5 Å². The summed E-state index contributed by atoms with van der Waals surface area (Å²) >= 11 is 0. The molecular formula is C24H27FN4O2. The average Bonchev–Trinajstić information content (AvgIpc) is 3.22. The Kier molecular flexibility index (Phi) is 7.67. The van der Waals surface area contributed by atoms with Gasteiger partial charge in [-0.1, -0.05) is 0 Å². The first kappa shape index (κ1) is 22.4. The summed E-state index contributed by atoms with van der Waals surface area (Å²) in [5, 5.41) is 10.2. The zero-order valence-corrected chi connectivity index (χ0v) is 17.8. The number of aryl methyl sites for hydroxylation is 1. The number of carbonyl (C=O) groups excluding carboxylic acids is 2. The van der Waals surface area contributed by atoms with E-state index in [9.17, 15) is 14.0 Å². The highest BCUT2D eigenvalue weighted by molar-refractivity contribution is 5.95. The molecule has 0 spiro atoms. The number of nitrogens with one attached hydrogen (secondary N) is 2. The molecular weight excluding hydrogens is 395 g/mol. The summed E-state index contributed by atoms with van der Waals surface area (Å²) in [4.78, 5) is 25.6. The summed E-state index contributed by atoms with van der Waals surface area (Å²) in [5.74, 6) is -0.316. The molecule has 0 aliphatic carbocycles. The number of amides is 1. The Morgan fingerprint density at radius 3 is 2.45 bits per heavy atom. The third-order valence-electron chi connectivity index (χ3n) is 5.05. The second-order valence-electron chi connectivity index (χ2n) is 7.62. The molecule has 2 N–H and O–H groups in total. The minimum absolute atomic E-state index is 0.00121. The van der Waals surface area contributed by atoms with Gasteiger partial charge in [-0.25, -0.2) is 4.39 Å². The van der Waals surface area contributed by atoms with Crippen LogP contribution < -0.4 is 5.32 Å². The summed E-state index contributed by atoms with van der Waals surface area (Å²) in [6, 6.07) is 15.2. The predicted octanol–water partition coefficient (Wildman–Crippen LogP) is 4.31. The van der Waals surface area contributed by atoms with E-state index in [1.807, 2.05) is 13.1 Å². The fraction of sp³-hybridized carbons (Fsp3) is 0.292. The molecule has 1 heterocycles. The molecule has 0 saturated carbocycles. The lowest BCUT2D eigenvalue weighted by Crippen LogP contribution is -2.25. The van der Waals surface area contributed by atoms with Crippen molar-refractivity contribution < 1.29 is 14.0 Å². The summed E-state index contributed by atoms with van der Waals surface area (Å²) < 4.78 is 13.0. The molecule has 6 nitrogen and oxygen atoms in total. The van der Waals surface area contributed by atoms with Gasteiger partial charge < -0.3 is 10.2 Å². The van der Waals surface area contributed by atoms with E-state index in [4.69, 9.17) is 0 Å². The molecule has 31 heavy (non-hydrogen) atoms. The number of aromatic nitrogens is 2. The third kappa shape index (κ3) is 6.86. The number of nitrogens with zero attached hydrogens (tertiary/aromatic N) is 2. The molecule has 0 radical (unpaired) electrons. The quantitative estimate of drug-likeness (QED) is 0.477. The van der Waals surface area contributed by atoms with E-state index in [1.165, 1.54) is 19.1 Å². The number of hydrogen-bond donors (Lipinski definition) is 2. The average molecular weight is 423 g/mol. The van der Waals surface area contributed by atoms with E-state index in [0.717, 1.165) is 36.3 Å². The number of benzene rings is 2. The maximum atomic E-state index is 13.0. The number of hydrogen-bond acceptors (Lipinski definition) is 4. The number of anilines is 1. The van der Waals surface area contributed by atoms with Crippen LogP contribution in [-0.2, 0) is 11.2 Å². The van der Waals surface area contributed by atoms with Crippen LogP contribution >= 0.6 is 0 Å². The molecule has 1 amide bonds. The van der Waals surface area contributed by atoms with Gasteiger partial charge in [0.25, 0.3) is 0 Å². The second-order valence-corrected chi connectivity index (χ2v) is 7.62. The highest BCUT2D eigenvalue weighted by atomic mass is 19.1. The van der Waals surface area contributed by atoms with Gasteiger partial charge in [-0.15, -0.1) is 0 Å². The van der Waals surface area contributed by atoms with Gasteiger partial charge in [0.05, 0.1) is 5.69 Å². The molecule has 0 aliphatic heterocycles. The Morgan fingerprint density at radius 1 is 1.06 bits per heavy atom. The largest absolute Gasteiger partial charge is 0.326 e. The van der Waals surface area contributed by atoms with E-state index in [1.54, 1.807) is 36.4 Å². The summed E-state index contributed by atoms with van der Waals surface area (Å²) in [5.41, 5.74) is 4.02. The molecule has 7 heteroatoms. The van der Waals surface area contributed by atoms with E-state index >= 15 is 0 Å². The van der Waals surface area contributed by atoms with E-state index in [2.05, 4.69) is 20.4 Å². The van der Waals surface area contributed by atoms with Crippen LogP contribution in [0.25, 0.3) is 11.3 Å². The van der Waals surface area contributed by atoms with Crippen LogP contribution in [-0.4, -0.2) is 46.9 Å². The second kappa shape index (κ2) is 10.6. The minimum atomic E-state index is -0.262. The molecule has 0 saturated heterocycles. The van der Waals surface area contributed by atoms with Gasteiger partial charge in [0.15, 0.2) is 5.78 Å². The highest BCUT2D eigenvalue weighted by Crippen LogP contribution is 2.18. The molecule has 0 aliphatic rings. The lowest BCUT2D eigenvalue weighted by atomic mass is 10.1. The zero-order valence-electron chi connectivity index (χ0n) is 17.8. The normalized spacial score (nSPS) is 11.0.